The molecule has 0 atom stereocenters. The molecule has 0 aliphatic carbocycles. The number of ether oxygens (including phenoxy) is 1. The summed E-state index contributed by atoms with van der Waals surface area (Å²) in [5.74, 6) is 0.834. The highest BCUT2D eigenvalue weighted by Crippen LogP contribution is 2.28. The molecule has 1 aliphatic heterocycles. The van der Waals surface area contributed by atoms with Gasteiger partial charge in [0.2, 0.25) is 5.91 Å². The van der Waals surface area contributed by atoms with E-state index in [-0.39, 0.29) is 12.5 Å². The maximum Gasteiger partial charge on any atom is 0.242 e. The Morgan fingerprint density at radius 3 is 2.48 bits per heavy atom. The molecule has 0 saturated carbocycles. The highest BCUT2D eigenvalue weighted by atomic mass is 35.5. The second kappa shape index (κ2) is 7.89. The predicted octanol–water partition coefficient (Wildman–Crippen LogP) is 3.79. The molecular weight excluding hydrogens is 385 g/mol. The molecule has 3 aromatic rings. The van der Waals surface area contributed by atoms with Crippen molar-refractivity contribution < 1.29 is 9.53 Å². The van der Waals surface area contributed by atoms with E-state index in [1.807, 2.05) is 51.9 Å². The molecule has 7 heteroatoms. The Labute approximate surface area is 167 Å². The number of benzene rings is 2. The van der Waals surface area contributed by atoms with Crippen molar-refractivity contribution >= 4 is 40.1 Å². The van der Waals surface area contributed by atoms with Crippen molar-refractivity contribution in [2.45, 2.75) is 13.0 Å². The molecule has 2 aromatic carbocycles. The quantitative estimate of drug-likeness (QED) is 0.665. The summed E-state index contributed by atoms with van der Waals surface area (Å²) in [6.07, 6.45) is 0.462. The van der Waals surface area contributed by atoms with Gasteiger partial charge >= 0.3 is 0 Å². The maximum atomic E-state index is 12.8. The van der Waals surface area contributed by atoms with Gasteiger partial charge in [-0.3, -0.25) is 4.79 Å². The molecule has 140 valence electrons. The Balaban J connectivity index is 1.70. The zero-order valence-electron chi connectivity index (χ0n) is 14.7. The van der Waals surface area contributed by atoms with Crippen molar-refractivity contribution in [3.63, 3.8) is 0 Å². The van der Waals surface area contributed by atoms with E-state index in [9.17, 15) is 4.79 Å². The summed E-state index contributed by atoms with van der Waals surface area (Å²) in [6.45, 7) is 2.64. The molecular formula is C20H19Cl2N3O2. The monoisotopic (exact) mass is 403 g/mol. The van der Waals surface area contributed by atoms with Crippen LogP contribution in [0.3, 0.4) is 0 Å². The van der Waals surface area contributed by atoms with Crippen LogP contribution < -0.4 is 0 Å². The number of hydrogen-bond acceptors (Lipinski definition) is 3. The summed E-state index contributed by atoms with van der Waals surface area (Å²) < 4.78 is 7.31. The number of nitrogens with zero attached hydrogens (tertiary/aromatic N) is 3. The van der Waals surface area contributed by atoms with Crippen LogP contribution in [0.1, 0.15) is 11.4 Å². The lowest BCUT2D eigenvalue weighted by molar-refractivity contribution is -0.135. The number of hydrogen-bond donors (Lipinski definition) is 0. The van der Waals surface area contributed by atoms with Gasteiger partial charge < -0.3 is 14.2 Å². The van der Waals surface area contributed by atoms with Crippen LogP contribution in [-0.2, 0) is 22.5 Å². The zero-order valence-corrected chi connectivity index (χ0v) is 16.2. The third-order valence-corrected chi connectivity index (χ3v) is 5.50. The van der Waals surface area contributed by atoms with Crippen LogP contribution in [0.2, 0.25) is 10.0 Å². The van der Waals surface area contributed by atoms with Crippen LogP contribution in [0.15, 0.2) is 42.5 Å². The molecule has 0 bridgehead atoms. The summed E-state index contributed by atoms with van der Waals surface area (Å²) in [4.78, 5) is 19.4. The number of para-hydroxylation sites is 2. The molecule has 5 nitrogen and oxygen atoms in total. The molecule has 2 heterocycles. The molecule has 0 unspecified atom stereocenters. The molecule has 1 amide bonds. The van der Waals surface area contributed by atoms with Gasteiger partial charge in [-0.1, -0.05) is 41.4 Å². The van der Waals surface area contributed by atoms with Crippen molar-refractivity contribution in [2.24, 2.45) is 0 Å². The summed E-state index contributed by atoms with van der Waals surface area (Å²) in [5.41, 5.74) is 2.60. The molecule has 0 spiro atoms. The zero-order chi connectivity index (χ0) is 18.8. The Morgan fingerprint density at radius 1 is 1.04 bits per heavy atom. The van der Waals surface area contributed by atoms with Gasteiger partial charge in [0.25, 0.3) is 0 Å². The number of rotatable bonds is 4. The van der Waals surface area contributed by atoms with Crippen LogP contribution >= 0.6 is 23.2 Å². The summed E-state index contributed by atoms with van der Waals surface area (Å²) >= 11 is 12.7. The van der Waals surface area contributed by atoms with Gasteiger partial charge in [0.1, 0.15) is 12.4 Å². The molecule has 4 rings (SSSR count). The van der Waals surface area contributed by atoms with Crippen molar-refractivity contribution in [3.05, 3.63) is 63.9 Å². The number of amides is 1. The highest BCUT2D eigenvalue weighted by molar-refractivity contribution is 6.36. The molecule has 1 aromatic heterocycles. The second-order valence-corrected chi connectivity index (χ2v) is 7.29. The number of aromatic nitrogens is 2. The highest BCUT2D eigenvalue weighted by Gasteiger charge is 2.21. The number of morpholine rings is 1. The van der Waals surface area contributed by atoms with Crippen molar-refractivity contribution in [2.75, 3.05) is 26.3 Å². The standard InChI is InChI=1S/C20H19Cl2N3O2/c21-15-4-3-5-16(22)14(15)12-19-23-17-6-1-2-7-18(17)25(19)13-20(26)24-8-10-27-11-9-24/h1-7H,8-13H2. The van der Waals surface area contributed by atoms with Gasteiger partial charge in [0, 0.05) is 29.6 Å². The van der Waals surface area contributed by atoms with Gasteiger partial charge in [0.15, 0.2) is 0 Å². The van der Waals surface area contributed by atoms with Gasteiger partial charge in [-0.15, -0.1) is 0 Å². The van der Waals surface area contributed by atoms with Crippen LogP contribution in [-0.4, -0.2) is 46.7 Å². The fourth-order valence-corrected chi connectivity index (χ4v) is 3.88. The lowest BCUT2D eigenvalue weighted by Crippen LogP contribution is -2.42. The lowest BCUT2D eigenvalue weighted by Gasteiger charge is -2.27. The third-order valence-electron chi connectivity index (χ3n) is 4.79. The fourth-order valence-electron chi connectivity index (χ4n) is 3.34. The average Bonchev–Trinajstić information content (AvgIpc) is 3.03. The minimum absolute atomic E-state index is 0.0629. The van der Waals surface area contributed by atoms with E-state index < -0.39 is 0 Å². The lowest BCUT2D eigenvalue weighted by atomic mass is 10.1. The summed E-state index contributed by atoms with van der Waals surface area (Å²) in [5, 5.41) is 1.20. The van der Waals surface area contributed by atoms with Gasteiger partial charge in [-0.2, -0.15) is 0 Å². The van der Waals surface area contributed by atoms with E-state index in [0.29, 0.717) is 42.8 Å². The van der Waals surface area contributed by atoms with E-state index in [1.54, 1.807) is 0 Å². The molecule has 1 saturated heterocycles. The number of fused-ring (bicyclic) bond motifs is 1. The van der Waals surface area contributed by atoms with E-state index >= 15 is 0 Å². The average molecular weight is 404 g/mol. The van der Waals surface area contributed by atoms with E-state index in [2.05, 4.69) is 0 Å². The summed E-state index contributed by atoms with van der Waals surface area (Å²) in [7, 11) is 0. The van der Waals surface area contributed by atoms with Gasteiger partial charge in [-0.05, 0) is 29.8 Å². The first-order chi connectivity index (χ1) is 13.1. The number of carbonyl (C=O) groups excluding carboxylic acids is 1. The maximum absolute atomic E-state index is 12.8. The smallest absolute Gasteiger partial charge is 0.242 e. The Hall–Kier alpha value is -2.08. The Kier molecular flexibility index (Phi) is 5.34. The topological polar surface area (TPSA) is 47.4 Å². The van der Waals surface area contributed by atoms with Crippen LogP contribution in [0, 0.1) is 0 Å². The van der Waals surface area contributed by atoms with Crippen LogP contribution in [0.25, 0.3) is 11.0 Å². The van der Waals surface area contributed by atoms with Crippen LogP contribution in [0.5, 0.6) is 0 Å². The van der Waals surface area contributed by atoms with Crippen molar-refractivity contribution in [1.29, 1.82) is 0 Å². The van der Waals surface area contributed by atoms with Gasteiger partial charge in [-0.25, -0.2) is 4.98 Å². The Bertz CT molecular complexity index is 960. The van der Waals surface area contributed by atoms with E-state index in [1.165, 1.54) is 0 Å². The van der Waals surface area contributed by atoms with E-state index in [4.69, 9.17) is 32.9 Å². The number of imidazole rings is 1. The second-order valence-electron chi connectivity index (χ2n) is 6.47. The van der Waals surface area contributed by atoms with Crippen molar-refractivity contribution in [1.82, 2.24) is 14.5 Å². The number of halogens is 2. The SMILES string of the molecule is O=C(Cn1c(Cc2c(Cl)cccc2Cl)nc2ccccc21)N1CCOCC1. The first-order valence-corrected chi connectivity index (χ1v) is 9.61. The molecule has 27 heavy (non-hydrogen) atoms. The first kappa shape index (κ1) is 18.3. The molecule has 0 radical (unpaired) electrons. The molecule has 1 aliphatic rings. The largest absolute Gasteiger partial charge is 0.378 e. The minimum Gasteiger partial charge on any atom is -0.378 e. The molecule has 1 fully saturated rings. The Morgan fingerprint density at radius 2 is 1.74 bits per heavy atom. The minimum atomic E-state index is 0.0629. The van der Waals surface area contributed by atoms with E-state index in [0.717, 1.165) is 22.4 Å². The van der Waals surface area contributed by atoms with Crippen molar-refractivity contribution in [3.8, 4) is 0 Å². The third kappa shape index (κ3) is 3.81. The normalized spacial score (nSPS) is 14.7. The van der Waals surface area contributed by atoms with Gasteiger partial charge in [0.05, 0.1) is 24.2 Å². The number of carbonyl (C=O) groups is 1. The summed E-state index contributed by atoms with van der Waals surface area (Å²) in [6, 6.07) is 13.3. The first-order valence-electron chi connectivity index (χ1n) is 8.86. The predicted molar refractivity (Wildman–Crippen MR) is 106 cm³/mol. The fraction of sp³-hybridized carbons (Fsp3) is 0.300. The molecule has 0 N–H and O–H groups in total. The van der Waals surface area contributed by atoms with Crippen LogP contribution in [0.4, 0.5) is 0 Å².